The predicted molar refractivity (Wildman–Crippen MR) is 82.5 cm³/mol. The summed E-state index contributed by atoms with van der Waals surface area (Å²) in [5.74, 6) is 0. The predicted octanol–water partition coefficient (Wildman–Crippen LogP) is 2.85. The van der Waals surface area contributed by atoms with E-state index < -0.39 is 5.60 Å². The fourth-order valence-electron chi connectivity index (χ4n) is 1.48. The number of nitrogens with one attached hydrogen (secondary N) is 2. The molecule has 0 unspecified atom stereocenters. The Morgan fingerprint density at radius 1 is 1.35 bits per heavy atom. The molecule has 0 fully saturated rings. The smallest absolute Gasteiger partial charge is 0.407 e. The van der Waals surface area contributed by atoms with E-state index in [1.807, 2.05) is 39.0 Å². The number of hydrogen-bond acceptors (Lipinski definition) is 4. The maximum Gasteiger partial charge on any atom is 0.407 e. The fraction of sp³-hybridized carbons (Fsp3) is 0.571. The first-order valence-corrected chi connectivity index (χ1v) is 7.45. The molecular formula is C14H22BrN3O2. The van der Waals surface area contributed by atoms with E-state index in [2.05, 4.69) is 31.5 Å². The highest BCUT2D eigenvalue weighted by Crippen LogP contribution is 2.06. The lowest BCUT2D eigenvalue weighted by molar-refractivity contribution is 0.0527. The monoisotopic (exact) mass is 343 g/mol. The molecule has 0 saturated carbocycles. The van der Waals surface area contributed by atoms with Gasteiger partial charge in [-0.2, -0.15) is 0 Å². The van der Waals surface area contributed by atoms with Crippen LogP contribution in [0.15, 0.2) is 22.8 Å². The van der Waals surface area contributed by atoms with Gasteiger partial charge in [0, 0.05) is 13.1 Å². The third-order valence-electron chi connectivity index (χ3n) is 2.28. The highest BCUT2D eigenvalue weighted by Gasteiger charge is 2.15. The van der Waals surface area contributed by atoms with Gasteiger partial charge >= 0.3 is 6.09 Å². The van der Waals surface area contributed by atoms with Crippen LogP contribution in [0.3, 0.4) is 0 Å². The Morgan fingerprint density at radius 2 is 2.10 bits per heavy atom. The average molecular weight is 344 g/mol. The normalized spacial score (nSPS) is 11.2. The average Bonchev–Trinajstić information content (AvgIpc) is 2.31. The first-order valence-electron chi connectivity index (χ1n) is 6.66. The summed E-state index contributed by atoms with van der Waals surface area (Å²) in [6.07, 6.45) is 0.471. The summed E-state index contributed by atoms with van der Waals surface area (Å²) in [7, 11) is 0. The molecule has 5 nitrogen and oxygen atoms in total. The van der Waals surface area contributed by atoms with Crippen LogP contribution in [-0.4, -0.2) is 29.8 Å². The molecule has 0 aliphatic rings. The van der Waals surface area contributed by atoms with E-state index in [-0.39, 0.29) is 6.09 Å². The summed E-state index contributed by atoms with van der Waals surface area (Å²) in [6, 6.07) is 5.82. The third-order valence-corrected chi connectivity index (χ3v) is 2.72. The summed E-state index contributed by atoms with van der Waals surface area (Å²) >= 11 is 3.34. The lowest BCUT2D eigenvalue weighted by Crippen LogP contribution is -2.33. The number of carbonyl (C=O) groups is 1. The van der Waals surface area contributed by atoms with E-state index in [0.717, 1.165) is 23.3 Å². The minimum Gasteiger partial charge on any atom is -0.444 e. The van der Waals surface area contributed by atoms with Gasteiger partial charge in [-0.05, 0) is 61.8 Å². The van der Waals surface area contributed by atoms with Gasteiger partial charge in [0.2, 0.25) is 0 Å². The maximum atomic E-state index is 11.4. The number of aromatic nitrogens is 1. The second kappa shape index (κ2) is 8.21. The van der Waals surface area contributed by atoms with Crippen molar-refractivity contribution in [3.05, 3.63) is 28.5 Å². The summed E-state index contributed by atoms with van der Waals surface area (Å²) in [4.78, 5) is 15.7. The molecule has 1 aromatic heterocycles. The van der Waals surface area contributed by atoms with Gasteiger partial charge in [0.15, 0.2) is 0 Å². The quantitative estimate of drug-likeness (QED) is 0.615. The highest BCUT2D eigenvalue weighted by molar-refractivity contribution is 9.10. The van der Waals surface area contributed by atoms with Gasteiger partial charge in [-0.25, -0.2) is 9.78 Å². The number of halogens is 1. The molecule has 1 aromatic rings. The minimum absolute atomic E-state index is 0.369. The molecule has 1 heterocycles. The van der Waals surface area contributed by atoms with Crippen LogP contribution in [0.4, 0.5) is 4.79 Å². The number of rotatable bonds is 6. The van der Waals surface area contributed by atoms with Gasteiger partial charge in [-0.15, -0.1) is 0 Å². The lowest BCUT2D eigenvalue weighted by atomic mass is 10.2. The van der Waals surface area contributed by atoms with Crippen LogP contribution < -0.4 is 10.6 Å². The number of pyridine rings is 1. The van der Waals surface area contributed by atoms with Crippen molar-refractivity contribution in [1.82, 2.24) is 15.6 Å². The van der Waals surface area contributed by atoms with Crippen molar-refractivity contribution in [3.8, 4) is 0 Å². The topological polar surface area (TPSA) is 63.2 Å². The Bertz CT molecular complexity index is 433. The Hall–Kier alpha value is -1.14. The second-order valence-corrected chi connectivity index (χ2v) is 6.22. The number of carbonyl (C=O) groups excluding carboxylic acids is 1. The zero-order valence-electron chi connectivity index (χ0n) is 12.2. The summed E-state index contributed by atoms with van der Waals surface area (Å²) in [5, 5.41) is 6.00. The van der Waals surface area contributed by atoms with Crippen molar-refractivity contribution in [2.24, 2.45) is 0 Å². The first kappa shape index (κ1) is 16.9. The van der Waals surface area contributed by atoms with Crippen molar-refractivity contribution in [3.63, 3.8) is 0 Å². The molecular weight excluding hydrogens is 322 g/mol. The van der Waals surface area contributed by atoms with E-state index in [1.54, 1.807) is 0 Å². The van der Waals surface area contributed by atoms with Gasteiger partial charge in [-0.3, -0.25) is 0 Å². The van der Waals surface area contributed by atoms with Gasteiger partial charge in [0.05, 0.1) is 5.69 Å². The molecule has 0 bridgehead atoms. The molecule has 0 aliphatic carbocycles. The number of amides is 1. The second-order valence-electron chi connectivity index (χ2n) is 5.41. The van der Waals surface area contributed by atoms with Crippen molar-refractivity contribution < 1.29 is 9.53 Å². The van der Waals surface area contributed by atoms with E-state index in [9.17, 15) is 4.79 Å². The first-order chi connectivity index (χ1) is 9.37. The zero-order valence-corrected chi connectivity index (χ0v) is 13.8. The fourth-order valence-corrected chi connectivity index (χ4v) is 1.86. The molecule has 1 amide bonds. The van der Waals surface area contributed by atoms with Gasteiger partial charge in [0.25, 0.3) is 0 Å². The zero-order chi connectivity index (χ0) is 15.0. The van der Waals surface area contributed by atoms with E-state index in [1.165, 1.54) is 0 Å². The molecule has 0 spiro atoms. The maximum absolute atomic E-state index is 11.4. The minimum atomic E-state index is -0.450. The van der Waals surface area contributed by atoms with Crippen LogP contribution in [0.2, 0.25) is 0 Å². The van der Waals surface area contributed by atoms with Crippen LogP contribution in [0.5, 0.6) is 0 Å². The Labute approximate surface area is 128 Å². The van der Waals surface area contributed by atoms with Crippen LogP contribution in [0, 0.1) is 0 Å². The van der Waals surface area contributed by atoms with Crippen molar-refractivity contribution in [2.45, 2.75) is 39.3 Å². The molecule has 0 aromatic carbocycles. The van der Waals surface area contributed by atoms with Crippen LogP contribution >= 0.6 is 15.9 Å². The van der Waals surface area contributed by atoms with E-state index in [4.69, 9.17) is 4.74 Å². The lowest BCUT2D eigenvalue weighted by Gasteiger charge is -2.19. The van der Waals surface area contributed by atoms with E-state index >= 15 is 0 Å². The largest absolute Gasteiger partial charge is 0.444 e. The SMILES string of the molecule is CC(C)(C)OC(=O)NCCCNCc1cccc(Br)n1. The van der Waals surface area contributed by atoms with Crippen molar-refractivity contribution in [2.75, 3.05) is 13.1 Å². The molecule has 2 N–H and O–H groups in total. The highest BCUT2D eigenvalue weighted by atomic mass is 79.9. The molecule has 6 heteroatoms. The molecule has 112 valence electrons. The van der Waals surface area contributed by atoms with Crippen LogP contribution in [0.1, 0.15) is 32.9 Å². The Balaban J connectivity index is 2.07. The van der Waals surface area contributed by atoms with Gasteiger partial charge in [-0.1, -0.05) is 6.07 Å². The van der Waals surface area contributed by atoms with Crippen LogP contribution in [0.25, 0.3) is 0 Å². The summed E-state index contributed by atoms with van der Waals surface area (Å²) < 4.78 is 5.98. The Kier molecular flexibility index (Phi) is 6.95. The molecule has 0 aliphatic heterocycles. The van der Waals surface area contributed by atoms with Crippen molar-refractivity contribution in [1.29, 1.82) is 0 Å². The summed E-state index contributed by atoms with van der Waals surface area (Å²) in [6.45, 7) is 7.65. The number of nitrogens with zero attached hydrogens (tertiary/aromatic N) is 1. The van der Waals surface area contributed by atoms with Crippen LogP contribution in [-0.2, 0) is 11.3 Å². The molecule has 0 saturated heterocycles. The van der Waals surface area contributed by atoms with E-state index in [0.29, 0.717) is 13.1 Å². The number of alkyl carbamates (subject to hydrolysis) is 1. The number of hydrogen-bond donors (Lipinski definition) is 2. The summed E-state index contributed by atoms with van der Waals surface area (Å²) in [5.41, 5.74) is 0.536. The molecule has 20 heavy (non-hydrogen) atoms. The molecule has 0 atom stereocenters. The van der Waals surface area contributed by atoms with Gasteiger partial charge < -0.3 is 15.4 Å². The Morgan fingerprint density at radius 3 is 2.75 bits per heavy atom. The number of ether oxygens (including phenoxy) is 1. The van der Waals surface area contributed by atoms with Crippen molar-refractivity contribution >= 4 is 22.0 Å². The third kappa shape index (κ3) is 8.12. The molecule has 1 rings (SSSR count). The van der Waals surface area contributed by atoms with Gasteiger partial charge in [0.1, 0.15) is 10.2 Å². The molecule has 0 radical (unpaired) electrons. The standard InChI is InChI=1S/C14H22BrN3O2/c1-14(2,3)20-13(19)17-9-5-8-16-10-11-6-4-7-12(15)18-11/h4,6-7,16H,5,8-10H2,1-3H3,(H,17,19).